The molecule has 3 heteroatoms. The number of carbonyl (C=O) groups is 1. The average molecular weight is 146 g/mol. The molecule has 1 heterocycles. The van der Waals surface area contributed by atoms with Gasteiger partial charge in [0.25, 0.3) is 0 Å². The van der Waals surface area contributed by atoms with E-state index in [4.69, 9.17) is 5.11 Å². The second-order valence-corrected chi connectivity index (χ2v) is 3.49. The zero-order chi connectivity index (χ0) is 6.69. The van der Waals surface area contributed by atoms with E-state index in [1.165, 1.54) is 0 Å². The van der Waals surface area contributed by atoms with E-state index in [0.29, 0.717) is 0 Å². The van der Waals surface area contributed by atoms with Crippen LogP contribution in [0.2, 0.25) is 0 Å². The lowest BCUT2D eigenvalue weighted by Gasteiger charge is -2.07. The van der Waals surface area contributed by atoms with E-state index in [1.54, 1.807) is 11.8 Å². The Hall–Kier alpha value is -0.0200. The third kappa shape index (κ3) is 1.46. The third-order valence-electron chi connectivity index (χ3n) is 1.63. The van der Waals surface area contributed by atoms with Crippen LogP contribution in [0.25, 0.3) is 0 Å². The molecule has 0 aromatic carbocycles. The molecule has 2 nitrogen and oxygen atoms in total. The van der Waals surface area contributed by atoms with E-state index in [-0.39, 0.29) is 17.8 Å². The summed E-state index contributed by atoms with van der Waals surface area (Å²) in [7, 11) is 0. The molecule has 1 N–H and O–H groups in total. The molecule has 52 valence electrons. The van der Waals surface area contributed by atoms with Crippen molar-refractivity contribution in [2.45, 2.75) is 11.7 Å². The summed E-state index contributed by atoms with van der Waals surface area (Å²) in [6, 6.07) is 0. The Labute approximate surface area is 58.6 Å². The zero-order valence-corrected chi connectivity index (χ0v) is 5.93. The minimum Gasteiger partial charge on any atom is -0.396 e. The topological polar surface area (TPSA) is 37.3 Å². The fraction of sp³-hybridized carbons (Fsp3) is 0.833. The van der Waals surface area contributed by atoms with Crippen LogP contribution in [0.15, 0.2) is 0 Å². The number of aliphatic hydroxyl groups excluding tert-OH is 1. The number of aldehydes is 1. The van der Waals surface area contributed by atoms with E-state index in [9.17, 15) is 4.79 Å². The van der Waals surface area contributed by atoms with Gasteiger partial charge in [-0.15, -0.1) is 0 Å². The first kappa shape index (κ1) is 7.09. The molecular weight excluding hydrogens is 136 g/mol. The number of hydrogen-bond acceptors (Lipinski definition) is 3. The molecule has 1 aliphatic rings. The molecule has 0 saturated carbocycles. The van der Waals surface area contributed by atoms with Gasteiger partial charge in [-0.25, -0.2) is 0 Å². The second kappa shape index (κ2) is 3.22. The maximum absolute atomic E-state index is 10.2. The van der Waals surface area contributed by atoms with E-state index >= 15 is 0 Å². The largest absolute Gasteiger partial charge is 0.396 e. The van der Waals surface area contributed by atoms with Gasteiger partial charge in [-0.2, -0.15) is 11.8 Å². The molecular formula is C6H10O2S. The first-order valence-corrected chi connectivity index (χ1v) is 4.11. The van der Waals surface area contributed by atoms with E-state index in [2.05, 4.69) is 0 Å². The molecule has 1 aliphatic heterocycles. The molecule has 0 aromatic rings. The van der Waals surface area contributed by atoms with Crippen LogP contribution in [0.5, 0.6) is 0 Å². The number of carbonyl (C=O) groups excluding carboxylic acids is 1. The number of thioether (sulfide) groups is 1. The molecule has 2 unspecified atom stereocenters. The highest BCUT2D eigenvalue weighted by molar-refractivity contribution is 8.00. The first-order chi connectivity index (χ1) is 4.38. The molecule has 1 saturated heterocycles. The summed E-state index contributed by atoms with van der Waals surface area (Å²) in [6.45, 7) is 0.163. The van der Waals surface area contributed by atoms with Crippen molar-refractivity contribution in [1.29, 1.82) is 0 Å². The molecule has 1 rings (SSSR count). The van der Waals surface area contributed by atoms with Crippen LogP contribution in [0.4, 0.5) is 0 Å². The summed E-state index contributed by atoms with van der Waals surface area (Å²) in [5.74, 6) is 1.25. The molecule has 0 aromatic heterocycles. The second-order valence-electron chi connectivity index (χ2n) is 2.20. The number of hydrogen-bond donors (Lipinski definition) is 1. The molecule has 9 heavy (non-hydrogen) atoms. The Kier molecular flexibility index (Phi) is 2.54. The van der Waals surface area contributed by atoms with Gasteiger partial charge < -0.3 is 9.90 Å². The van der Waals surface area contributed by atoms with Gasteiger partial charge in [-0.1, -0.05) is 0 Å². The van der Waals surface area contributed by atoms with Crippen molar-refractivity contribution in [3.05, 3.63) is 0 Å². The predicted octanol–water partition coefficient (Wildman–Crippen LogP) is 0.299. The van der Waals surface area contributed by atoms with E-state index < -0.39 is 0 Å². The molecule has 0 amide bonds. The number of aliphatic hydroxyl groups is 1. The standard InChI is InChI=1S/C6H10O2S/c7-3-5-1-2-9-6(5)4-8/h4-7H,1-3H2. The third-order valence-corrected chi connectivity index (χ3v) is 2.98. The Balaban J connectivity index is 2.41. The predicted molar refractivity (Wildman–Crippen MR) is 37.5 cm³/mol. The summed E-state index contributed by atoms with van der Waals surface area (Å²) in [6.07, 6.45) is 1.93. The van der Waals surface area contributed by atoms with Gasteiger partial charge in [0.2, 0.25) is 0 Å². The van der Waals surface area contributed by atoms with E-state index in [0.717, 1.165) is 18.5 Å². The van der Waals surface area contributed by atoms with Crippen molar-refractivity contribution in [2.75, 3.05) is 12.4 Å². The van der Waals surface area contributed by atoms with Crippen LogP contribution in [-0.4, -0.2) is 29.0 Å². The summed E-state index contributed by atoms with van der Waals surface area (Å²) >= 11 is 1.65. The van der Waals surface area contributed by atoms with Gasteiger partial charge in [-0.3, -0.25) is 0 Å². The maximum Gasteiger partial charge on any atom is 0.133 e. The molecule has 0 bridgehead atoms. The van der Waals surface area contributed by atoms with Gasteiger partial charge in [0.05, 0.1) is 5.25 Å². The Morgan fingerprint density at radius 3 is 3.00 bits per heavy atom. The SMILES string of the molecule is O=CC1SCCC1CO. The Morgan fingerprint density at radius 1 is 1.78 bits per heavy atom. The quantitative estimate of drug-likeness (QED) is 0.569. The van der Waals surface area contributed by atoms with Gasteiger partial charge in [0.15, 0.2) is 0 Å². The lowest BCUT2D eigenvalue weighted by Crippen LogP contribution is -2.16. The van der Waals surface area contributed by atoms with Crippen molar-refractivity contribution < 1.29 is 9.90 Å². The van der Waals surface area contributed by atoms with Crippen molar-refractivity contribution >= 4 is 18.0 Å². The highest BCUT2D eigenvalue weighted by atomic mass is 32.2. The van der Waals surface area contributed by atoms with Crippen LogP contribution in [0, 0.1) is 5.92 Å². The van der Waals surface area contributed by atoms with Crippen molar-refractivity contribution in [3.63, 3.8) is 0 Å². The monoisotopic (exact) mass is 146 g/mol. The Morgan fingerprint density at radius 2 is 2.56 bits per heavy atom. The summed E-state index contributed by atoms with van der Waals surface area (Å²) in [5, 5.41) is 8.76. The fourth-order valence-corrected chi connectivity index (χ4v) is 2.29. The summed E-state index contributed by atoms with van der Waals surface area (Å²) in [4.78, 5) is 10.2. The van der Waals surface area contributed by atoms with E-state index in [1.807, 2.05) is 0 Å². The van der Waals surface area contributed by atoms with Crippen molar-refractivity contribution in [3.8, 4) is 0 Å². The zero-order valence-electron chi connectivity index (χ0n) is 5.12. The van der Waals surface area contributed by atoms with Gasteiger partial charge >= 0.3 is 0 Å². The van der Waals surface area contributed by atoms with Crippen LogP contribution >= 0.6 is 11.8 Å². The van der Waals surface area contributed by atoms with Gasteiger partial charge in [0, 0.05) is 12.5 Å². The summed E-state index contributed by atoms with van der Waals surface area (Å²) < 4.78 is 0. The van der Waals surface area contributed by atoms with Gasteiger partial charge in [-0.05, 0) is 12.2 Å². The highest BCUT2D eigenvalue weighted by Gasteiger charge is 2.26. The minimum absolute atomic E-state index is 0.0648. The summed E-state index contributed by atoms with van der Waals surface area (Å²) in [5.41, 5.74) is 0. The minimum atomic E-state index is 0.0648. The maximum atomic E-state index is 10.2. The molecule has 0 radical (unpaired) electrons. The molecule has 1 fully saturated rings. The van der Waals surface area contributed by atoms with Crippen LogP contribution in [-0.2, 0) is 4.79 Å². The fourth-order valence-electron chi connectivity index (χ4n) is 1.00. The molecule has 0 spiro atoms. The molecule has 2 atom stereocenters. The molecule has 0 aliphatic carbocycles. The van der Waals surface area contributed by atoms with Crippen LogP contribution in [0.3, 0.4) is 0 Å². The van der Waals surface area contributed by atoms with Crippen molar-refractivity contribution in [1.82, 2.24) is 0 Å². The van der Waals surface area contributed by atoms with Crippen molar-refractivity contribution in [2.24, 2.45) is 5.92 Å². The number of rotatable bonds is 2. The van der Waals surface area contributed by atoms with Crippen LogP contribution < -0.4 is 0 Å². The average Bonchev–Trinajstić information content (AvgIpc) is 2.33. The normalized spacial score (nSPS) is 34.8. The highest BCUT2D eigenvalue weighted by Crippen LogP contribution is 2.29. The first-order valence-electron chi connectivity index (χ1n) is 3.06. The Bertz CT molecular complexity index is 105. The van der Waals surface area contributed by atoms with Crippen LogP contribution in [0.1, 0.15) is 6.42 Å². The smallest absolute Gasteiger partial charge is 0.133 e. The lowest BCUT2D eigenvalue weighted by atomic mass is 10.1. The lowest BCUT2D eigenvalue weighted by molar-refractivity contribution is -0.108. The van der Waals surface area contributed by atoms with Gasteiger partial charge in [0.1, 0.15) is 6.29 Å².